The minimum atomic E-state index is -1.65. The second-order valence-electron chi connectivity index (χ2n) is 18.7. The van der Waals surface area contributed by atoms with E-state index < -0.39 is 62.2 Å². The van der Waals surface area contributed by atoms with E-state index in [0.717, 1.165) is 51.4 Å². The van der Waals surface area contributed by atoms with E-state index in [1.165, 1.54) is 128 Å². The molecule has 8 N–H and O–H groups in total. The van der Waals surface area contributed by atoms with Gasteiger partial charge < -0.3 is 50.7 Å². The van der Waals surface area contributed by atoms with Gasteiger partial charge in [-0.2, -0.15) is 0 Å². The topological polar surface area (TPSA) is 198 Å². The molecule has 0 aliphatic carbocycles. The Hall–Kier alpha value is -2.16. The van der Waals surface area contributed by atoms with Gasteiger partial charge in [-0.15, -0.1) is 0 Å². The van der Waals surface area contributed by atoms with E-state index >= 15 is 0 Å². The van der Waals surface area contributed by atoms with E-state index in [1.54, 1.807) is 0 Å². The van der Waals surface area contributed by atoms with Crippen molar-refractivity contribution in [1.82, 2.24) is 10.6 Å². The van der Waals surface area contributed by atoms with Gasteiger partial charge in [-0.1, -0.05) is 191 Å². The number of aliphatic hydroxyl groups excluding tert-OH is 6. The largest absolute Gasteiger partial charge is 0.394 e. The van der Waals surface area contributed by atoms with Crippen molar-refractivity contribution in [2.75, 3.05) is 19.8 Å². The summed E-state index contributed by atoms with van der Waals surface area (Å²) in [5, 5.41) is 68.2. The van der Waals surface area contributed by atoms with E-state index in [0.29, 0.717) is 19.4 Å². The zero-order valence-corrected chi connectivity index (χ0v) is 40.1. The maximum Gasteiger partial charge on any atom is 0.220 e. The van der Waals surface area contributed by atoms with Crippen molar-refractivity contribution >= 4 is 11.8 Å². The average Bonchev–Trinajstić information content (AvgIpc) is 3.30. The third-order valence-electron chi connectivity index (χ3n) is 12.9. The van der Waals surface area contributed by atoms with E-state index in [2.05, 4.69) is 41.8 Å². The van der Waals surface area contributed by atoms with Crippen LogP contribution >= 0.6 is 0 Å². The number of benzene rings is 1. The number of rotatable bonds is 42. The quantitative estimate of drug-likeness (QED) is 0.0295. The molecule has 12 nitrogen and oxygen atoms in total. The molecule has 1 aliphatic heterocycles. The molecule has 1 aromatic rings. The van der Waals surface area contributed by atoms with Gasteiger partial charge in [0.25, 0.3) is 0 Å². The van der Waals surface area contributed by atoms with Gasteiger partial charge in [0.05, 0.1) is 25.4 Å². The number of hydrogen-bond acceptors (Lipinski definition) is 10. The monoisotopic (exact) mass is 907 g/mol. The van der Waals surface area contributed by atoms with Crippen LogP contribution in [0, 0.1) is 0 Å². The maximum absolute atomic E-state index is 13.1. The lowest BCUT2D eigenvalue weighted by molar-refractivity contribution is -0.303. The van der Waals surface area contributed by atoms with Crippen molar-refractivity contribution in [3.8, 4) is 0 Å². The van der Waals surface area contributed by atoms with Crippen molar-refractivity contribution in [1.29, 1.82) is 0 Å². The van der Waals surface area contributed by atoms with Crippen LogP contribution in [0.5, 0.6) is 0 Å². The predicted octanol–water partition coefficient (Wildman–Crippen LogP) is 8.48. The van der Waals surface area contributed by atoms with Crippen LogP contribution in [0.25, 0.3) is 0 Å². The number of unbranched alkanes of at least 4 members (excludes halogenated alkanes) is 25. The molecule has 8 atom stereocenters. The summed E-state index contributed by atoms with van der Waals surface area (Å²) in [5.41, 5.74) is 1.33. The Morgan fingerprint density at radius 3 is 1.62 bits per heavy atom. The molecule has 0 bridgehead atoms. The summed E-state index contributed by atoms with van der Waals surface area (Å²) in [7, 11) is 0. The van der Waals surface area contributed by atoms with Crippen LogP contribution in [0.2, 0.25) is 0 Å². The molecular weight excluding hydrogens is 813 g/mol. The Labute approximate surface area is 388 Å². The second-order valence-corrected chi connectivity index (χ2v) is 18.7. The van der Waals surface area contributed by atoms with Gasteiger partial charge in [-0.3, -0.25) is 9.59 Å². The lowest BCUT2D eigenvalue weighted by Gasteiger charge is -2.40. The Morgan fingerprint density at radius 2 is 1.09 bits per heavy atom. The average molecular weight is 907 g/mol. The highest BCUT2D eigenvalue weighted by Crippen LogP contribution is 2.23. The Kier molecular flexibility index (Phi) is 35.2. The molecule has 0 spiro atoms. The molecule has 1 fully saturated rings. The van der Waals surface area contributed by atoms with Gasteiger partial charge >= 0.3 is 0 Å². The van der Waals surface area contributed by atoms with Gasteiger partial charge in [0.2, 0.25) is 11.8 Å². The molecular formula is C52H94N2O10. The summed E-state index contributed by atoms with van der Waals surface area (Å²) in [6.07, 6.45) is 25.4. The number of hydrogen-bond donors (Lipinski definition) is 8. The van der Waals surface area contributed by atoms with Crippen LogP contribution < -0.4 is 10.6 Å². The summed E-state index contributed by atoms with van der Waals surface area (Å²) in [6.45, 7) is 1.84. The highest BCUT2D eigenvalue weighted by atomic mass is 16.7. The number of nitrogens with one attached hydrogen (secondary N) is 2. The number of ether oxygens (including phenoxy) is 2. The van der Waals surface area contributed by atoms with Crippen LogP contribution in [0.3, 0.4) is 0 Å². The zero-order valence-electron chi connectivity index (χ0n) is 40.1. The molecule has 2 rings (SSSR count). The molecule has 0 aromatic heterocycles. The van der Waals surface area contributed by atoms with Crippen molar-refractivity contribution in [2.24, 2.45) is 0 Å². The fraction of sp³-hybridized carbons (Fsp3) is 0.846. The Bertz CT molecular complexity index is 1240. The van der Waals surface area contributed by atoms with Crippen molar-refractivity contribution in [3.05, 3.63) is 35.9 Å². The number of carbonyl (C=O) groups excluding carboxylic acids is 2. The Balaban J connectivity index is 1.60. The normalized spacial score (nSPS) is 20.2. The molecule has 1 heterocycles. The van der Waals surface area contributed by atoms with Crippen LogP contribution in [-0.2, 0) is 25.5 Å². The van der Waals surface area contributed by atoms with Crippen LogP contribution in [0.15, 0.2) is 30.3 Å². The van der Waals surface area contributed by atoms with E-state index in [4.69, 9.17) is 9.47 Å². The molecule has 2 amide bonds. The van der Waals surface area contributed by atoms with E-state index in [1.807, 2.05) is 6.07 Å². The lowest BCUT2D eigenvalue weighted by atomic mass is 9.99. The summed E-state index contributed by atoms with van der Waals surface area (Å²) in [4.78, 5) is 25.5. The number of amides is 2. The molecule has 1 aromatic carbocycles. The molecule has 0 radical (unpaired) electrons. The number of aryl methyl sites for hydroxylation is 1. The zero-order chi connectivity index (χ0) is 46.5. The highest BCUT2D eigenvalue weighted by Gasteiger charge is 2.44. The minimum absolute atomic E-state index is 0.0972. The molecule has 12 heteroatoms. The van der Waals surface area contributed by atoms with Gasteiger partial charge in [-0.25, -0.2) is 0 Å². The molecule has 1 saturated heterocycles. The standard InChI is InChI=1S/C52H94N2O10/c1-2-3-4-5-6-7-8-9-10-11-12-13-14-15-16-17-18-19-20-21-22-23-30-37-47(58)54-43(41-63-52-51(62)50(61)49(60)45(40-55)64-52)48(59)44(56)36-32-38-46(57)53-39-31-25-24-27-33-42-34-28-26-29-35-42/h26,28-29,34-35,43-45,48-52,55-56,59-62H,2-25,27,30-33,36-41H2,1H3,(H,53,57)(H,54,58)/t43-,44+,45+,48-,49-,50-,51+,52-/m0/s1. The fourth-order valence-electron chi connectivity index (χ4n) is 8.66. The van der Waals surface area contributed by atoms with Gasteiger partial charge in [0.15, 0.2) is 6.29 Å². The first-order valence-electron chi connectivity index (χ1n) is 26.1. The summed E-state index contributed by atoms with van der Waals surface area (Å²) < 4.78 is 11.1. The SMILES string of the molecule is CCCCCCCCCCCCCCCCCCCCCCCCCC(=O)N[C@@H](CO[C@H]1O[C@H](CO)[C@H](O)[C@H](O)[C@H]1O)[C@H](O)[C@H](O)CCCC(=O)NCCCCCCc1ccccc1. The van der Waals surface area contributed by atoms with Crippen LogP contribution in [-0.4, -0.2) is 111 Å². The third-order valence-corrected chi connectivity index (χ3v) is 12.9. The summed E-state index contributed by atoms with van der Waals surface area (Å²) in [5.74, 6) is -0.450. The van der Waals surface area contributed by atoms with E-state index in [-0.39, 0.29) is 31.1 Å². The molecule has 0 unspecified atom stereocenters. The minimum Gasteiger partial charge on any atom is -0.394 e. The van der Waals surface area contributed by atoms with E-state index in [9.17, 15) is 40.2 Å². The summed E-state index contributed by atoms with van der Waals surface area (Å²) >= 11 is 0. The molecule has 0 saturated carbocycles. The van der Waals surface area contributed by atoms with Crippen LogP contribution in [0.1, 0.15) is 212 Å². The second kappa shape index (κ2) is 38.9. The molecule has 64 heavy (non-hydrogen) atoms. The van der Waals surface area contributed by atoms with Crippen molar-refractivity contribution < 1.29 is 49.7 Å². The van der Waals surface area contributed by atoms with Crippen molar-refractivity contribution in [2.45, 2.75) is 261 Å². The Morgan fingerprint density at radius 1 is 0.609 bits per heavy atom. The third kappa shape index (κ3) is 28.1. The van der Waals surface area contributed by atoms with Gasteiger partial charge in [0, 0.05) is 19.4 Å². The first-order valence-corrected chi connectivity index (χ1v) is 26.1. The number of carbonyl (C=O) groups is 2. The lowest BCUT2D eigenvalue weighted by Crippen LogP contribution is -2.60. The molecule has 1 aliphatic rings. The van der Waals surface area contributed by atoms with Gasteiger partial charge in [-0.05, 0) is 44.1 Å². The van der Waals surface area contributed by atoms with Crippen molar-refractivity contribution in [3.63, 3.8) is 0 Å². The maximum atomic E-state index is 13.1. The first-order chi connectivity index (χ1) is 31.2. The highest BCUT2D eigenvalue weighted by molar-refractivity contribution is 5.76. The smallest absolute Gasteiger partial charge is 0.220 e. The summed E-state index contributed by atoms with van der Waals surface area (Å²) in [6, 6.07) is 9.28. The van der Waals surface area contributed by atoms with Gasteiger partial charge in [0.1, 0.15) is 30.5 Å². The van der Waals surface area contributed by atoms with Crippen LogP contribution in [0.4, 0.5) is 0 Å². The number of aliphatic hydroxyl groups is 6. The fourth-order valence-corrected chi connectivity index (χ4v) is 8.66. The molecule has 372 valence electrons. The predicted molar refractivity (Wildman–Crippen MR) is 256 cm³/mol. The first kappa shape index (κ1) is 58.0.